The number of hydrogen-bond acceptors (Lipinski definition) is 7. The van der Waals surface area contributed by atoms with Crippen LogP contribution in [0, 0.1) is 0 Å². The molecule has 27 heavy (non-hydrogen) atoms. The Kier molecular flexibility index (Phi) is 4.21. The lowest BCUT2D eigenvalue weighted by atomic mass is 10.1. The number of carbonyl (C=O) groups excluding carboxylic acids is 3. The molecule has 0 saturated carbocycles. The highest BCUT2D eigenvalue weighted by Crippen LogP contribution is 2.22. The predicted octanol–water partition coefficient (Wildman–Crippen LogP) is 2.08. The minimum absolute atomic E-state index is 0.115. The van der Waals surface area contributed by atoms with Gasteiger partial charge in [-0.15, -0.1) is 0 Å². The van der Waals surface area contributed by atoms with E-state index in [9.17, 15) is 14.4 Å². The predicted molar refractivity (Wildman–Crippen MR) is 91.3 cm³/mol. The molecule has 8 nitrogen and oxygen atoms in total. The van der Waals surface area contributed by atoms with Crippen LogP contribution in [0.3, 0.4) is 0 Å². The van der Waals surface area contributed by atoms with Crippen molar-refractivity contribution in [2.45, 2.75) is 6.61 Å². The van der Waals surface area contributed by atoms with Gasteiger partial charge < -0.3 is 9.26 Å². The number of hydrogen-bond donors (Lipinski definition) is 0. The number of benzene rings is 2. The van der Waals surface area contributed by atoms with Crippen molar-refractivity contribution >= 4 is 17.8 Å². The van der Waals surface area contributed by atoms with E-state index in [2.05, 4.69) is 10.1 Å². The second kappa shape index (κ2) is 6.83. The van der Waals surface area contributed by atoms with E-state index in [0.29, 0.717) is 5.82 Å². The van der Waals surface area contributed by atoms with Crippen molar-refractivity contribution in [3.8, 4) is 11.4 Å². The fraction of sp³-hybridized carbons (Fsp3) is 0.105. The number of fused-ring (bicyclic) bond motifs is 1. The summed E-state index contributed by atoms with van der Waals surface area (Å²) >= 11 is 0. The minimum atomic E-state index is -0.746. The largest absolute Gasteiger partial charge is 0.454 e. The van der Waals surface area contributed by atoms with E-state index >= 15 is 0 Å². The third kappa shape index (κ3) is 3.20. The van der Waals surface area contributed by atoms with E-state index in [0.717, 1.165) is 10.5 Å². The summed E-state index contributed by atoms with van der Waals surface area (Å²) in [6, 6.07) is 15.6. The van der Waals surface area contributed by atoms with Gasteiger partial charge in [-0.3, -0.25) is 19.3 Å². The van der Waals surface area contributed by atoms with Crippen LogP contribution in [0.5, 0.6) is 0 Å². The minimum Gasteiger partial charge on any atom is -0.454 e. The molecule has 2 heterocycles. The molecule has 0 aliphatic carbocycles. The van der Waals surface area contributed by atoms with Gasteiger partial charge in [-0.2, -0.15) is 4.98 Å². The normalized spacial score (nSPS) is 13.0. The van der Waals surface area contributed by atoms with Crippen molar-refractivity contribution in [1.29, 1.82) is 0 Å². The topological polar surface area (TPSA) is 103 Å². The van der Waals surface area contributed by atoms with Gasteiger partial charge in [0.2, 0.25) is 5.82 Å². The quantitative estimate of drug-likeness (QED) is 0.505. The summed E-state index contributed by atoms with van der Waals surface area (Å²) in [5, 5.41) is 3.82. The molecule has 1 aromatic heterocycles. The number of esters is 1. The number of ether oxygens (including phenoxy) is 1. The molecule has 1 aliphatic heterocycles. The average Bonchev–Trinajstić information content (AvgIpc) is 3.27. The zero-order valence-electron chi connectivity index (χ0n) is 14.0. The van der Waals surface area contributed by atoms with E-state index in [-0.39, 0.29) is 23.6 Å². The molecule has 4 rings (SSSR count). The SMILES string of the molecule is O=C(CN1C(=O)c2ccccc2C1=O)OCc1nc(-c2ccccc2)no1. The van der Waals surface area contributed by atoms with Gasteiger partial charge in [-0.05, 0) is 12.1 Å². The van der Waals surface area contributed by atoms with Crippen LogP contribution in [0.15, 0.2) is 59.1 Å². The Morgan fingerprint density at radius 1 is 0.963 bits per heavy atom. The third-order valence-electron chi connectivity index (χ3n) is 4.02. The van der Waals surface area contributed by atoms with Gasteiger partial charge in [-0.1, -0.05) is 47.6 Å². The van der Waals surface area contributed by atoms with Gasteiger partial charge in [0.25, 0.3) is 17.7 Å². The lowest BCUT2D eigenvalue weighted by Gasteiger charge is -2.12. The molecule has 1 aliphatic rings. The Labute approximate surface area is 153 Å². The van der Waals surface area contributed by atoms with Crippen molar-refractivity contribution in [2.75, 3.05) is 6.54 Å². The maximum atomic E-state index is 12.2. The fourth-order valence-corrected chi connectivity index (χ4v) is 2.72. The highest BCUT2D eigenvalue weighted by atomic mass is 16.6. The molecule has 0 spiro atoms. The Morgan fingerprint density at radius 3 is 2.26 bits per heavy atom. The van der Waals surface area contributed by atoms with Crippen LogP contribution in [-0.4, -0.2) is 39.4 Å². The van der Waals surface area contributed by atoms with Gasteiger partial charge in [0, 0.05) is 5.56 Å². The molecule has 0 radical (unpaired) electrons. The standard InChI is InChI=1S/C19H13N3O5/c23-16(10-22-18(24)13-8-4-5-9-14(13)19(22)25)26-11-15-20-17(21-27-15)12-6-2-1-3-7-12/h1-9H,10-11H2. The highest BCUT2D eigenvalue weighted by molar-refractivity contribution is 6.22. The molecule has 0 bridgehead atoms. The first kappa shape index (κ1) is 16.6. The summed E-state index contributed by atoms with van der Waals surface area (Å²) in [5.41, 5.74) is 1.32. The van der Waals surface area contributed by atoms with Crippen molar-refractivity contribution in [3.05, 3.63) is 71.6 Å². The molecule has 0 saturated heterocycles. The van der Waals surface area contributed by atoms with Gasteiger partial charge in [0.05, 0.1) is 11.1 Å². The molecule has 0 N–H and O–H groups in total. The lowest BCUT2D eigenvalue weighted by Crippen LogP contribution is -2.35. The molecule has 2 amide bonds. The van der Waals surface area contributed by atoms with Crippen molar-refractivity contribution in [1.82, 2.24) is 15.0 Å². The number of nitrogens with zero attached hydrogens (tertiary/aromatic N) is 3. The van der Waals surface area contributed by atoms with E-state index in [4.69, 9.17) is 9.26 Å². The maximum Gasteiger partial charge on any atom is 0.326 e. The molecule has 0 fully saturated rings. The van der Waals surface area contributed by atoms with Crippen LogP contribution in [0.4, 0.5) is 0 Å². The van der Waals surface area contributed by atoms with Gasteiger partial charge in [-0.25, -0.2) is 0 Å². The monoisotopic (exact) mass is 363 g/mol. The molecule has 3 aromatic rings. The summed E-state index contributed by atoms with van der Waals surface area (Å²) < 4.78 is 10.1. The zero-order valence-corrected chi connectivity index (χ0v) is 14.0. The van der Waals surface area contributed by atoms with Crippen molar-refractivity contribution in [3.63, 3.8) is 0 Å². The molecule has 2 aromatic carbocycles. The van der Waals surface area contributed by atoms with Crippen LogP contribution in [0.25, 0.3) is 11.4 Å². The summed E-state index contributed by atoms with van der Waals surface area (Å²) in [4.78, 5) is 41.5. The number of aromatic nitrogens is 2. The van der Waals surface area contributed by atoms with Crippen LogP contribution < -0.4 is 0 Å². The second-order valence-corrected chi connectivity index (χ2v) is 5.78. The Hall–Kier alpha value is -3.81. The second-order valence-electron chi connectivity index (χ2n) is 5.78. The molecule has 134 valence electrons. The van der Waals surface area contributed by atoms with Gasteiger partial charge in [0.1, 0.15) is 6.54 Å². The van der Waals surface area contributed by atoms with Crippen LogP contribution in [-0.2, 0) is 16.1 Å². The fourth-order valence-electron chi connectivity index (χ4n) is 2.72. The van der Waals surface area contributed by atoms with Gasteiger partial charge >= 0.3 is 5.97 Å². The summed E-state index contributed by atoms with van der Waals surface area (Å²) in [6.45, 7) is -0.728. The first-order chi connectivity index (χ1) is 13.1. The number of rotatable bonds is 5. The number of carbonyl (C=O) groups is 3. The van der Waals surface area contributed by atoms with Crippen LogP contribution in [0.1, 0.15) is 26.6 Å². The molecule has 0 unspecified atom stereocenters. The summed E-state index contributed by atoms with van der Waals surface area (Å²) in [5.74, 6) is -1.29. The van der Waals surface area contributed by atoms with E-state index in [1.54, 1.807) is 24.3 Å². The van der Waals surface area contributed by atoms with Crippen molar-refractivity contribution < 1.29 is 23.6 Å². The highest BCUT2D eigenvalue weighted by Gasteiger charge is 2.36. The first-order valence-electron chi connectivity index (χ1n) is 8.12. The lowest BCUT2D eigenvalue weighted by molar-refractivity contribution is -0.146. The van der Waals surface area contributed by atoms with Crippen LogP contribution in [0.2, 0.25) is 0 Å². The molecular formula is C19H13N3O5. The summed E-state index contributed by atoms with van der Waals surface area (Å²) in [7, 11) is 0. The number of imide groups is 1. The van der Waals surface area contributed by atoms with Crippen LogP contribution >= 0.6 is 0 Å². The Bertz CT molecular complexity index is 994. The molecular weight excluding hydrogens is 350 g/mol. The Balaban J connectivity index is 1.37. The van der Waals surface area contributed by atoms with E-state index in [1.165, 1.54) is 0 Å². The maximum absolute atomic E-state index is 12.2. The molecule has 8 heteroatoms. The Morgan fingerprint density at radius 2 is 1.59 bits per heavy atom. The van der Waals surface area contributed by atoms with E-state index < -0.39 is 24.3 Å². The summed E-state index contributed by atoms with van der Waals surface area (Å²) in [6.07, 6.45) is 0. The smallest absolute Gasteiger partial charge is 0.326 e. The molecule has 0 atom stereocenters. The van der Waals surface area contributed by atoms with Gasteiger partial charge in [0.15, 0.2) is 6.61 Å². The van der Waals surface area contributed by atoms with E-state index in [1.807, 2.05) is 30.3 Å². The van der Waals surface area contributed by atoms with Crippen molar-refractivity contribution in [2.24, 2.45) is 0 Å². The third-order valence-corrected chi connectivity index (χ3v) is 4.02. The zero-order chi connectivity index (χ0) is 18.8. The average molecular weight is 363 g/mol. The first-order valence-corrected chi connectivity index (χ1v) is 8.12. The number of amides is 2.